The summed E-state index contributed by atoms with van der Waals surface area (Å²) in [6.07, 6.45) is 3.24. The van der Waals surface area contributed by atoms with Crippen molar-refractivity contribution in [3.8, 4) is 0 Å². The molecule has 2 N–H and O–H groups in total. The molecule has 0 spiro atoms. The second-order valence-electron chi connectivity index (χ2n) is 4.03. The van der Waals surface area contributed by atoms with Gasteiger partial charge in [0.1, 0.15) is 0 Å². The Kier molecular flexibility index (Phi) is 4.26. The second-order valence-corrected chi connectivity index (χ2v) is 5.68. The van der Waals surface area contributed by atoms with Crippen molar-refractivity contribution in [1.82, 2.24) is 15.2 Å². The molecule has 8 heteroatoms. The minimum atomic E-state index is -3.81. The minimum Gasteiger partial charge on any atom is -0.392 e. The first-order chi connectivity index (χ1) is 9.56. The summed E-state index contributed by atoms with van der Waals surface area (Å²) in [5.74, 6) is -0.0936. The van der Waals surface area contributed by atoms with Crippen LogP contribution in [0.5, 0.6) is 0 Å². The molecule has 2 rings (SSSR count). The molecule has 0 aliphatic rings. The summed E-state index contributed by atoms with van der Waals surface area (Å²) in [5.41, 5.74) is 1.17. The molecule has 0 saturated carbocycles. The van der Waals surface area contributed by atoms with Crippen LogP contribution in [0.15, 0.2) is 35.5 Å². The van der Waals surface area contributed by atoms with Gasteiger partial charge in [-0.1, -0.05) is 19.1 Å². The summed E-state index contributed by atoms with van der Waals surface area (Å²) in [7, 11) is -3.81. The maximum absolute atomic E-state index is 12.3. The first kappa shape index (κ1) is 14.4. The molecule has 0 radical (unpaired) electrons. The molecule has 20 heavy (non-hydrogen) atoms. The number of sulfonamides is 1. The lowest BCUT2D eigenvalue weighted by Crippen LogP contribution is -2.17. The first-order valence-electron chi connectivity index (χ1n) is 5.96. The number of aliphatic hydroxyl groups is 1. The van der Waals surface area contributed by atoms with Gasteiger partial charge in [0.25, 0.3) is 16.0 Å². The minimum absolute atomic E-state index is 0.0936. The highest BCUT2D eigenvalue weighted by Crippen LogP contribution is 2.20. The van der Waals surface area contributed by atoms with E-state index >= 15 is 0 Å². The van der Waals surface area contributed by atoms with Crippen molar-refractivity contribution in [2.45, 2.75) is 24.8 Å². The molecular formula is C12H14N4O3S. The van der Waals surface area contributed by atoms with Crippen molar-refractivity contribution in [3.05, 3.63) is 41.7 Å². The van der Waals surface area contributed by atoms with Gasteiger partial charge in [0.2, 0.25) is 0 Å². The number of hydrogen-bond donors (Lipinski definition) is 2. The summed E-state index contributed by atoms with van der Waals surface area (Å²) in [4.78, 5) is 3.88. The van der Waals surface area contributed by atoms with Crippen LogP contribution in [0, 0.1) is 0 Å². The third kappa shape index (κ3) is 3.09. The van der Waals surface area contributed by atoms with Gasteiger partial charge in [0.15, 0.2) is 0 Å². The Morgan fingerprint density at radius 2 is 2.10 bits per heavy atom. The van der Waals surface area contributed by atoms with Gasteiger partial charge in [0, 0.05) is 0 Å². The van der Waals surface area contributed by atoms with E-state index in [2.05, 4.69) is 19.9 Å². The molecule has 1 aromatic heterocycles. The molecule has 0 atom stereocenters. The standard InChI is InChI=1S/C12H14N4O3S/c1-2-10-4-3-9(8-17)7-11(10)20(18,19)16-12-13-5-6-14-15-12/h3-7,17H,2,8H2,1H3,(H,13,15,16). The molecule has 1 heterocycles. The number of nitrogens with zero attached hydrogens (tertiary/aromatic N) is 3. The molecule has 2 aromatic rings. The molecule has 7 nitrogen and oxygen atoms in total. The third-order valence-electron chi connectivity index (χ3n) is 2.69. The van der Waals surface area contributed by atoms with E-state index in [0.29, 0.717) is 17.5 Å². The van der Waals surface area contributed by atoms with Crippen LogP contribution in [0.25, 0.3) is 0 Å². The van der Waals surface area contributed by atoms with Crippen LogP contribution in [0.3, 0.4) is 0 Å². The van der Waals surface area contributed by atoms with Gasteiger partial charge in [-0.05, 0) is 23.6 Å². The van der Waals surface area contributed by atoms with Gasteiger partial charge in [-0.2, -0.15) is 5.10 Å². The van der Waals surface area contributed by atoms with E-state index in [1.165, 1.54) is 18.5 Å². The van der Waals surface area contributed by atoms with E-state index in [1.54, 1.807) is 12.1 Å². The Balaban J connectivity index is 2.43. The van der Waals surface area contributed by atoms with E-state index in [4.69, 9.17) is 5.11 Å². The van der Waals surface area contributed by atoms with Crippen LogP contribution < -0.4 is 4.72 Å². The lowest BCUT2D eigenvalue weighted by atomic mass is 10.1. The highest BCUT2D eigenvalue weighted by atomic mass is 32.2. The van der Waals surface area contributed by atoms with E-state index in [-0.39, 0.29) is 17.5 Å². The Morgan fingerprint density at radius 1 is 1.30 bits per heavy atom. The fourth-order valence-corrected chi connectivity index (χ4v) is 3.02. The van der Waals surface area contributed by atoms with Crippen molar-refractivity contribution in [3.63, 3.8) is 0 Å². The van der Waals surface area contributed by atoms with Gasteiger partial charge in [0.05, 0.1) is 23.9 Å². The Hall–Kier alpha value is -2.06. The normalized spacial score (nSPS) is 11.3. The number of aryl methyl sites for hydroxylation is 1. The van der Waals surface area contributed by atoms with Gasteiger partial charge < -0.3 is 5.11 Å². The molecular weight excluding hydrogens is 280 g/mol. The Morgan fingerprint density at radius 3 is 2.70 bits per heavy atom. The fourth-order valence-electron chi connectivity index (χ4n) is 1.71. The molecule has 0 fully saturated rings. The molecule has 0 saturated heterocycles. The predicted molar refractivity (Wildman–Crippen MR) is 72.4 cm³/mol. The van der Waals surface area contributed by atoms with E-state index in [9.17, 15) is 8.42 Å². The Bertz CT molecular complexity index is 689. The summed E-state index contributed by atoms with van der Waals surface area (Å²) < 4.78 is 27.0. The average molecular weight is 294 g/mol. The van der Waals surface area contributed by atoms with Crippen LogP contribution in [0.2, 0.25) is 0 Å². The lowest BCUT2D eigenvalue weighted by Gasteiger charge is -2.11. The molecule has 1 aromatic carbocycles. The maximum atomic E-state index is 12.3. The average Bonchev–Trinajstić information content (AvgIpc) is 2.47. The Labute approximate surface area is 116 Å². The largest absolute Gasteiger partial charge is 0.392 e. The van der Waals surface area contributed by atoms with E-state index < -0.39 is 10.0 Å². The number of aromatic nitrogens is 3. The molecule has 106 valence electrons. The van der Waals surface area contributed by atoms with Crippen LogP contribution in [0.4, 0.5) is 5.95 Å². The summed E-state index contributed by atoms with van der Waals surface area (Å²) >= 11 is 0. The zero-order valence-electron chi connectivity index (χ0n) is 10.8. The van der Waals surface area contributed by atoms with Crippen LogP contribution in [-0.4, -0.2) is 28.7 Å². The van der Waals surface area contributed by atoms with Crippen LogP contribution in [-0.2, 0) is 23.1 Å². The fraction of sp³-hybridized carbons (Fsp3) is 0.250. The van der Waals surface area contributed by atoms with Crippen molar-refractivity contribution >= 4 is 16.0 Å². The molecule has 0 aliphatic carbocycles. The number of anilines is 1. The maximum Gasteiger partial charge on any atom is 0.264 e. The van der Waals surface area contributed by atoms with Crippen molar-refractivity contribution < 1.29 is 13.5 Å². The lowest BCUT2D eigenvalue weighted by molar-refractivity contribution is 0.281. The number of aliphatic hydroxyl groups excluding tert-OH is 1. The van der Waals surface area contributed by atoms with Crippen molar-refractivity contribution in [2.75, 3.05) is 4.72 Å². The summed E-state index contributed by atoms with van der Waals surface area (Å²) in [6, 6.07) is 4.82. The van der Waals surface area contributed by atoms with Crippen molar-refractivity contribution in [1.29, 1.82) is 0 Å². The van der Waals surface area contributed by atoms with Crippen LogP contribution in [0.1, 0.15) is 18.1 Å². The highest BCUT2D eigenvalue weighted by Gasteiger charge is 2.19. The topological polar surface area (TPSA) is 105 Å². The second kappa shape index (κ2) is 5.93. The smallest absolute Gasteiger partial charge is 0.264 e. The zero-order valence-corrected chi connectivity index (χ0v) is 11.6. The van der Waals surface area contributed by atoms with Gasteiger partial charge >= 0.3 is 0 Å². The van der Waals surface area contributed by atoms with Crippen LogP contribution >= 0.6 is 0 Å². The number of rotatable bonds is 5. The van der Waals surface area contributed by atoms with Gasteiger partial charge in [-0.25, -0.2) is 18.1 Å². The number of benzene rings is 1. The van der Waals surface area contributed by atoms with Gasteiger partial charge in [-0.15, -0.1) is 5.10 Å². The molecule has 0 aliphatic heterocycles. The predicted octanol–water partition coefficient (Wildman–Crippen LogP) is 0.727. The molecule has 0 amide bonds. The molecule has 0 unspecified atom stereocenters. The van der Waals surface area contributed by atoms with Gasteiger partial charge in [-0.3, -0.25) is 0 Å². The highest BCUT2D eigenvalue weighted by molar-refractivity contribution is 7.92. The quantitative estimate of drug-likeness (QED) is 0.842. The number of hydrogen-bond acceptors (Lipinski definition) is 6. The van der Waals surface area contributed by atoms with Crippen molar-refractivity contribution in [2.24, 2.45) is 0 Å². The number of nitrogens with one attached hydrogen (secondary N) is 1. The first-order valence-corrected chi connectivity index (χ1v) is 7.44. The summed E-state index contributed by atoms with van der Waals surface area (Å²) in [5, 5.41) is 16.3. The third-order valence-corrected chi connectivity index (χ3v) is 4.10. The van der Waals surface area contributed by atoms with E-state index in [1.807, 2.05) is 6.92 Å². The van der Waals surface area contributed by atoms with E-state index in [0.717, 1.165) is 0 Å². The zero-order chi connectivity index (χ0) is 14.6. The molecule has 0 bridgehead atoms. The monoisotopic (exact) mass is 294 g/mol. The SMILES string of the molecule is CCc1ccc(CO)cc1S(=O)(=O)Nc1nccnn1. The summed E-state index contributed by atoms with van der Waals surface area (Å²) in [6.45, 7) is 1.63.